The summed E-state index contributed by atoms with van der Waals surface area (Å²) in [5.41, 5.74) is -0.633. The van der Waals surface area contributed by atoms with E-state index >= 15 is 0 Å². The molecule has 1 N–H and O–H groups in total. The Bertz CT molecular complexity index is 481. The Labute approximate surface area is 91.7 Å². The first-order valence-corrected chi connectivity index (χ1v) is 4.72. The van der Waals surface area contributed by atoms with E-state index in [9.17, 15) is 9.90 Å². The first kappa shape index (κ1) is 10.4. The van der Waals surface area contributed by atoms with Crippen molar-refractivity contribution < 1.29 is 14.4 Å². The van der Waals surface area contributed by atoms with Crippen LogP contribution in [0.1, 0.15) is 18.2 Å². The zero-order valence-corrected chi connectivity index (χ0v) is 8.62. The van der Waals surface area contributed by atoms with Crippen molar-refractivity contribution in [1.29, 1.82) is 0 Å². The van der Waals surface area contributed by atoms with Gasteiger partial charge in [0.15, 0.2) is 11.2 Å². The van der Waals surface area contributed by atoms with E-state index in [-0.39, 0.29) is 5.76 Å². The molecule has 0 saturated carbocycles. The Morgan fingerprint density at radius 3 is 2.56 bits per heavy atom. The van der Waals surface area contributed by atoms with Gasteiger partial charge < -0.3 is 9.63 Å². The lowest BCUT2D eigenvalue weighted by molar-refractivity contribution is -0.142. The molecule has 1 atom stereocenters. The van der Waals surface area contributed by atoms with Crippen molar-refractivity contribution in [2.45, 2.75) is 12.3 Å². The number of carboxylic acids is 1. The Hall–Kier alpha value is -2.17. The van der Waals surface area contributed by atoms with Crippen LogP contribution in [0.4, 0.5) is 0 Å². The van der Waals surface area contributed by atoms with E-state index in [1.54, 1.807) is 31.2 Å². The van der Waals surface area contributed by atoms with Crippen molar-refractivity contribution in [2.75, 3.05) is 0 Å². The molecule has 0 amide bonds. The molecule has 1 unspecified atom stereocenters. The molecule has 5 nitrogen and oxygen atoms in total. The molecule has 0 aliphatic carbocycles. The minimum absolute atomic E-state index is 0.214. The molecule has 2 rings (SSSR count). The van der Waals surface area contributed by atoms with Gasteiger partial charge in [-0.1, -0.05) is 30.3 Å². The van der Waals surface area contributed by atoms with Crippen LogP contribution in [0, 0.1) is 0 Å². The molecule has 1 aromatic heterocycles. The number of hydrogen-bond acceptors (Lipinski definition) is 4. The van der Waals surface area contributed by atoms with Gasteiger partial charge in [0.05, 0.1) is 6.20 Å². The molecular formula is C11H10N2O3. The van der Waals surface area contributed by atoms with Crippen molar-refractivity contribution in [3.8, 4) is 0 Å². The second kappa shape index (κ2) is 3.77. The van der Waals surface area contributed by atoms with E-state index in [2.05, 4.69) is 10.4 Å². The number of aromatic nitrogens is 2. The second-order valence-corrected chi connectivity index (χ2v) is 3.58. The van der Waals surface area contributed by atoms with E-state index in [1.807, 2.05) is 6.07 Å². The molecule has 16 heavy (non-hydrogen) atoms. The highest BCUT2D eigenvalue weighted by Gasteiger charge is 2.41. The Morgan fingerprint density at radius 1 is 1.38 bits per heavy atom. The Kier molecular flexibility index (Phi) is 2.44. The van der Waals surface area contributed by atoms with E-state index < -0.39 is 11.4 Å². The first-order chi connectivity index (χ1) is 7.65. The van der Waals surface area contributed by atoms with Crippen LogP contribution in [0.3, 0.4) is 0 Å². The summed E-state index contributed by atoms with van der Waals surface area (Å²) in [5.74, 6) is -0.788. The summed E-state index contributed by atoms with van der Waals surface area (Å²) < 4.78 is 4.87. The molecule has 0 spiro atoms. The molecule has 0 bridgehead atoms. The molecule has 0 fully saturated rings. The summed E-state index contributed by atoms with van der Waals surface area (Å²) in [4.78, 5) is 11.4. The lowest BCUT2D eigenvalue weighted by Gasteiger charge is -2.21. The van der Waals surface area contributed by atoms with Crippen molar-refractivity contribution in [3.63, 3.8) is 0 Å². The average molecular weight is 218 g/mol. The zero-order valence-electron chi connectivity index (χ0n) is 8.62. The van der Waals surface area contributed by atoms with Gasteiger partial charge in [-0.25, -0.2) is 0 Å². The van der Waals surface area contributed by atoms with Gasteiger partial charge in [-0.2, -0.15) is 0 Å². The van der Waals surface area contributed by atoms with Crippen molar-refractivity contribution in [1.82, 2.24) is 10.4 Å². The van der Waals surface area contributed by atoms with Gasteiger partial charge in [0.2, 0.25) is 0 Å². The number of hydrogen-bond donors (Lipinski definition) is 1. The van der Waals surface area contributed by atoms with Crippen LogP contribution in [-0.2, 0) is 10.2 Å². The molecule has 0 saturated heterocycles. The topological polar surface area (TPSA) is 76.2 Å². The van der Waals surface area contributed by atoms with Gasteiger partial charge in [0.25, 0.3) is 0 Å². The maximum atomic E-state index is 11.4. The van der Waals surface area contributed by atoms with E-state index in [4.69, 9.17) is 4.52 Å². The van der Waals surface area contributed by atoms with E-state index in [1.165, 1.54) is 6.20 Å². The highest BCUT2D eigenvalue weighted by atomic mass is 16.5. The molecular weight excluding hydrogens is 208 g/mol. The fourth-order valence-electron chi connectivity index (χ4n) is 1.53. The molecule has 82 valence electrons. The fourth-order valence-corrected chi connectivity index (χ4v) is 1.53. The highest BCUT2D eigenvalue weighted by Crippen LogP contribution is 2.31. The maximum absolute atomic E-state index is 11.4. The highest BCUT2D eigenvalue weighted by molar-refractivity contribution is 5.84. The molecule has 0 aliphatic heterocycles. The third-order valence-corrected chi connectivity index (χ3v) is 2.63. The summed E-state index contributed by atoms with van der Waals surface area (Å²) in [6.07, 6.45) is 1.32. The summed E-state index contributed by atoms with van der Waals surface area (Å²) in [6, 6.07) is 8.85. The van der Waals surface area contributed by atoms with Crippen LogP contribution in [0.2, 0.25) is 0 Å². The predicted molar refractivity (Wildman–Crippen MR) is 54.8 cm³/mol. The monoisotopic (exact) mass is 218 g/mol. The molecule has 5 heteroatoms. The number of benzene rings is 1. The van der Waals surface area contributed by atoms with Gasteiger partial charge in [-0.3, -0.25) is 4.79 Å². The van der Waals surface area contributed by atoms with Crippen LogP contribution in [0.5, 0.6) is 0 Å². The van der Waals surface area contributed by atoms with Gasteiger partial charge in [0.1, 0.15) is 0 Å². The normalized spacial score (nSPS) is 14.3. The summed E-state index contributed by atoms with van der Waals surface area (Å²) in [7, 11) is 0. The smallest absolute Gasteiger partial charge is 0.321 e. The van der Waals surface area contributed by atoms with Gasteiger partial charge in [0, 0.05) is 5.27 Å². The van der Waals surface area contributed by atoms with Crippen molar-refractivity contribution >= 4 is 5.97 Å². The number of rotatable bonds is 3. The minimum atomic E-state index is -1.26. The molecule has 0 radical (unpaired) electrons. The van der Waals surface area contributed by atoms with Crippen molar-refractivity contribution in [2.24, 2.45) is 0 Å². The Balaban J connectivity index is 2.58. The lowest BCUT2D eigenvalue weighted by Crippen LogP contribution is -2.33. The molecule has 0 aliphatic rings. The van der Waals surface area contributed by atoms with E-state index in [0.29, 0.717) is 5.56 Å². The Morgan fingerprint density at radius 2 is 2.06 bits per heavy atom. The SMILES string of the molecule is CC(C(=O)O)(c1ccccc1)c1cnno1. The second-order valence-electron chi connectivity index (χ2n) is 3.58. The number of carbonyl (C=O) groups is 1. The molecule has 2 aromatic rings. The number of nitrogens with zero attached hydrogens (tertiary/aromatic N) is 2. The quantitative estimate of drug-likeness (QED) is 0.843. The minimum Gasteiger partial charge on any atom is -0.480 e. The number of aliphatic carboxylic acids is 1. The molecule has 1 heterocycles. The van der Waals surface area contributed by atoms with Gasteiger partial charge in [-0.05, 0) is 12.5 Å². The summed E-state index contributed by atoms with van der Waals surface area (Å²) >= 11 is 0. The van der Waals surface area contributed by atoms with Gasteiger partial charge in [-0.15, -0.1) is 5.10 Å². The lowest BCUT2D eigenvalue weighted by atomic mass is 9.80. The van der Waals surface area contributed by atoms with Crippen LogP contribution in [-0.4, -0.2) is 21.4 Å². The molecule has 1 aromatic carbocycles. The van der Waals surface area contributed by atoms with Crippen LogP contribution >= 0.6 is 0 Å². The van der Waals surface area contributed by atoms with Gasteiger partial charge >= 0.3 is 5.97 Å². The first-order valence-electron chi connectivity index (χ1n) is 4.72. The van der Waals surface area contributed by atoms with Crippen LogP contribution < -0.4 is 0 Å². The fraction of sp³-hybridized carbons (Fsp3) is 0.182. The summed E-state index contributed by atoms with van der Waals surface area (Å²) in [6.45, 7) is 1.56. The third kappa shape index (κ3) is 1.46. The standard InChI is InChI=1S/C11H10N2O3/c1-11(10(14)15,9-7-12-13-16-9)8-5-3-2-4-6-8/h2-7H,1H3,(H,14,15). The largest absolute Gasteiger partial charge is 0.480 e. The maximum Gasteiger partial charge on any atom is 0.321 e. The average Bonchev–Trinajstić information content (AvgIpc) is 2.82. The van der Waals surface area contributed by atoms with Crippen LogP contribution in [0.15, 0.2) is 41.1 Å². The number of carboxylic acid groups (broad SMARTS) is 1. The van der Waals surface area contributed by atoms with Crippen molar-refractivity contribution in [3.05, 3.63) is 47.9 Å². The van der Waals surface area contributed by atoms with E-state index in [0.717, 1.165) is 0 Å². The summed E-state index contributed by atoms with van der Waals surface area (Å²) in [5, 5.41) is 16.2. The predicted octanol–water partition coefficient (Wildman–Crippen LogP) is 1.46. The van der Waals surface area contributed by atoms with Crippen LogP contribution in [0.25, 0.3) is 0 Å². The third-order valence-electron chi connectivity index (χ3n) is 2.63. The zero-order chi connectivity index (χ0) is 11.6.